The van der Waals surface area contributed by atoms with E-state index in [1.54, 1.807) is 4.90 Å². The number of carbonyl (C=O) groups is 2. The van der Waals surface area contributed by atoms with Crippen LogP contribution < -0.4 is 10.1 Å². The topological polar surface area (TPSA) is 58.6 Å². The van der Waals surface area contributed by atoms with Crippen molar-refractivity contribution in [1.82, 2.24) is 10.2 Å². The molecule has 5 nitrogen and oxygen atoms in total. The van der Waals surface area contributed by atoms with E-state index in [1.165, 1.54) is 6.42 Å². The molecule has 178 valence electrons. The number of rotatable bonds is 9. The van der Waals surface area contributed by atoms with Crippen LogP contribution in [-0.4, -0.2) is 41.9 Å². The van der Waals surface area contributed by atoms with Gasteiger partial charge in [-0.2, -0.15) is 0 Å². The second kappa shape index (κ2) is 11.9. The van der Waals surface area contributed by atoms with E-state index >= 15 is 0 Å². The number of aryl methyl sites for hydroxylation is 2. The zero-order valence-corrected chi connectivity index (χ0v) is 20.5. The molecule has 0 spiro atoms. The number of carbonyl (C=O) groups excluding carboxylic acids is 2. The number of amides is 2. The minimum Gasteiger partial charge on any atom is -0.483 e. The summed E-state index contributed by atoms with van der Waals surface area (Å²) < 4.78 is 5.95. The molecule has 2 aromatic rings. The summed E-state index contributed by atoms with van der Waals surface area (Å²) in [4.78, 5) is 28.0. The lowest BCUT2D eigenvalue weighted by molar-refractivity contribution is -0.141. The van der Waals surface area contributed by atoms with Crippen molar-refractivity contribution in [2.75, 3.05) is 13.2 Å². The Morgan fingerprint density at radius 3 is 2.45 bits per heavy atom. The molecule has 0 heterocycles. The fourth-order valence-corrected chi connectivity index (χ4v) is 4.51. The van der Waals surface area contributed by atoms with E-state index in [-0.39, 0.29) is 24.5 Å². The van der Waals surface area contributed by atoms with Crippen LogP contribution in [0.5, 0.6) is 5.75 Å². The normalized spacial score (nSPS) is 15.0. The summed E-state index contributed by atoms with van der Waals surface area (Å²) in [6.45, 7) is 8.27. The van der Waals surface area contributed by atoms with Crippen LogP contribution in [0.1, 0.15) is 61.3 Å². The average molecular weight is 451 g/mol. The molecule has 1 aliphatic carbocycles. The van der Waals surface area contributed by atoms with E-state index in [4.69, 9.17) is 4.74 Å². The maximum atomic E-state index is 13.3. The van der Waals surface area contributed by atoms with Crippen molar-refractivity contribution in [3.8, 4) is 5.75 Å². The van der Waals surface area contributed by atoms with Gasteiger partial charge in [-0.15, -0.1) is 0 Å². The lowest BCUT2D eigenvalue weighted by Gasteiger charge is -2.31. The van der Waals surface area contributed by atoms with Gasteiger partial charge in [-0.3, -0.25) is 9.59 Å². The van der Waals surface area contributed by atoms with Crippen LogP contribution in [0, 0.1) is 20.8 Å². The van der Waals surface area contributed by atoms with E-state index in [1.807, 2.05) is 64.1 Å². The Balaban J connectivity index is 1.69. The van der Waals surface area contributed by atoms with E-state index in [0.29, 0.717) is 13.0 Å². The second-order valence-electron chi connectivity index (χ2n) is 9.34. The molecule has 0 aromatic heterocycles. The van der Waals surface area contributed by atoms with Gasteiger partial charge < -0.3 is 15.0 Å². The SMILES string of the molecule is Cc1cc(C)c(C)c(OCC(=O)N(CCc2ccccc2)[C@@H](C)C(=O)NC2CCCCC2)c1. The third-order valence-corrected chi connectivity index (χ3v) is 6.72. The molecular weight excluding hydrogens is 412 g/mol. The first-order valence-corrected chi connectivity index (χ1v) is 12.2. The Morgan fingerprint density at radius 2 is 1.76 bits per heavy atom. The van der Waals surface area contributed by atoms with Gasteiger partial charge in [0.25, 0.3) is 5.91 Å². The van der Waals surface area contributed by atoms with Crippen molar-refractivity contribution < 1.29 is 14.3 Å². The largest absolute Gasteiger partial charge is 0.483 e. The summed E-state index contributed by atoms with van der Waals surface area (Å²) in [5.41, 5.74) is 4.41. The molecule has 33 heavy (non-hydrogen) atoms. The van der Waals surface area contributed by atoms with E-state index in [2.05, 4.69) is 11.4 Å². The highest BCUT2D eigenvalue weighted by Gasteiger charge is 2.28. The summed E-state index contributed by atoms with van der Waals surface area (Å²) in [7, 11) is 0. The third kappa shape index (κ3) is 7.08. The number of nitrogens with zero attached hydrogens (tertiary/aromatic N) is 1. The lowest BCUT2D eigenvalue weighted by Crippen LogP contribution is -2.52. The maximum Gasteiger partial charge on any atom is 0.261 e. The monoisotopic (exact) mass is 450 g/mol. The molecule has 1 aliphatic rings. The second-order valence-corrected chi connectivity index (χ2v) is 9.34. The van der Waals surface area contributed by atoms with Gasteiger partial charge in [-0.05, 0) is 75.3 Å². The molecule has 1 N–H and O–H groups in total. The highest BCUT2D eigenvalue weighted by molar-refractivity contribution is 5.88. The van der Waals surface area contributed by atoms with Gasteiger partial charge in [0.15, 0.2) is 6.61 Å². The Hall–Kier alpha value is -2.82. The van der Waals surface area contributed by atoms with Gasteiger partial charge in [-0.1, -0.05) is 55.7 Å². The van der Waals surface area contributed by atoms with Crippen molar-refractivity contribution in [2.45, 2.75) is 78.3 Å². The summed E-state index contributed by atoms with van der Waals surface area (Å²) in [5, 5.41) is 3.18. The quantitative estimate of drug-likeness (QED) is 0.591. The predicted molar refractivity (Wildman–Crippen MR) is 132 cm³/mol. The molecule has 0 bridgehead atoms. The van der Waals surface area contributed by atoms with Crippen molar-refractivity contribution in [3.63, 3.8) is 0 Å². The summed E-state index contributed by atoms with van der Waals surface area (Å²) in [6.07, 6.45) is 6.27. The van der Waals surface area contributed by atoms with Crippen LogP contribution >= 0.6 is 0 Å². The number of hydrogen-bond acceptors (Lipinski definition) is 3. The first kappa shape index (κ1) is 24.8. The standard InChI is InChI=1S/C28H38N2O3/c1-20-17-21(2)22(3)26(18-20)33-19-27(31)30(16-15-24-11-7-5-8-12-24)23(4)28(32)29-25-13-9-6-10-14-25/h5,7-8,11-12,17-18,23,25H,6,9-10,13-16,19H2,1-4H3,(H,29,32)/t23-/m0/s1. The first-order valence-electron chi connectivity index (χ1n) is 12.2. The van der Waals surface area contributed by atoms with Gasteiger partial charge in [0, 0.05) is 12.6 Å². The minimum absolute atomic E-state index is 0.0779. The van der Waals surface area contributed by atoms with Gasteiger partial charge >= 0.3 is 0 Å². The molecule has 2 aromatic carbocycles. The maximum absolute atomic E-state index is 13.3. The molecule has 0 unspecified atom stereocenters. The van der Waals surface area contributed by atoms with Crippen molar-refractivity contribution >= 4 is 11.8 Å². The van der Waals surface area contributed by atoms with Crippen LogP contribution in [-0.2, 0) is 16.0 Å². The van der Waals surface area contributed by atoms with Gasteiger partial charge in [0.05, 0.1) is 0 Å². The smallest absolute Gasteiger partial charge is 0.261 e. The first-order chi connectivity index (χ1) is 15.8. The highest BCUT2D eigenvalue weighted by atomic mass is 16.5. The zero-order chi connectivity index (χ0) is 23.8. The number of hydrogen-bond donors (Lipinski definition) is 1. The van der Waals surface area contributed by atoms with Gasteiger partial charge in [-0.25, -0.2) is 0 Å². The summed E-state index contributed by atoms with van der Waals surface area (Å²) in [6, 6.07) is 13.8. The van der Waals surface area contributed by atoms with Crippen LogP contribution in [0.25, 0.3) is 0 Å². The molecular formula is C28H38N2O3. The van der Waals surface area contributed by atoms with E-state index in [0.717, 1.165) is 53.7 Å². The van der Waals surface area contributed by atoms with E-state index < -0.39 is 6.04 Å². The fourth-order valence-electron chi connectivity index (χ4n) is 4.51. The Morgan fingerprint density at radius 1 is 1.06 bits per heavy atom. The average Bonchev–Trinajstić information content (AvgIpc) is 2.81. The number of ether oxygens (including phenoxy) is 1. The number of benzene rings is 2. The molecule has 0 saturated heterocycles. The summed E-state index contributed by atoms with van der Waals surface area (Å²) in [5.74, 6) is 0.477. The Bertz CT molecular complexity index is 936. The van der Waals surface area contributed by atoms with Crippen LogP contribution in [0.4, 0.5) is 0 Å². The van der Waals surface area contributed by atoms with Gasteiger partial charge in [0.1, 0.15) is 11.8 Å². The molecule has 0 aliphatic heterocycles. The van der Waals surface area contributed by atoms with E-state index in [9.17, 15) is 9.59 Å². The Kier molecular flexibility index (Phi) is 8.93. The van der Waals surface area contributed by atoms with Crippen LogP contribution in [0.2, 0.25) is 0 Å². The molecule has 5 heteroatoms. The molecule has 1 fully saturated rings. The zero-order valence-electron chi connectivity index (χ0n) is 20.5. The molecule has 1 atom stereocenters. The summed E-state index contributed by atoms with van der Waals surface area (Å²) >= 11 is 0. The molecule has 0 radical (unpaired) electrons. The van der Waals surface area contributed by atoms with Crippen molar-refractivity contribution in [1.29, 1.82) is 0 Å². The molecule has 3 rings (SSSR count). The van der Waals surface area contributed by atoms with Crippen LogP contribution in [0.15, 0.2) is 42.5 Å². The molecule has 2 amide bonds. The highest BCUT2D eigenvalue weighted by Crippen LogP contribution is 2.23. The lowest BCUT2D eigenvalue weighted by atomic mass is 9.95. The predicted octanol–water partition coefficient (Wildman–Crippen LogP) is 4.90. The minimum atomic E-state index is -0.549. The fraction of sp³-hybridized carbons (Fsp3) is 0.500. The van der Waals surface area contributed by atoms with Crippen molar-refractivity contribution in [2.24, 2.45) is 0 Å². The van der Waals surface area contributed by atoms with Crippen LogP contribution in [0.3, 0.4) is 0 Å². The number of nitrogens with one attached hydrogen (secondary N) is 1. The van der Waals surface area contributed by atoms with Gasteiger partial charge in [0.2, 0.25) is 5.91 Å². The van der Waals surface area contributed by atoms with Crippen molar-refractivity contribution in [3.05, 3.63) is 64.7 Å². The third-order valence-electron chi connectivity index (χ3n) is 6.72. The molecule has 1 saturated carbocycles. The Labute approximate surface area is 198 Å².